The van der Waals surface area contributed by atoms with Crippen LogP contribution in [-0.4, -0.2) is 20.6 Å². The number of aryl methyl sites for hydroxylation is 1. The first-order chi connectivity index (χ1) is 6.77. The minimum atomic E-state index is -0.246. The summed E-state index contributed by atoms with van der Waals surface area (Å²) in [5.74, 6) is 0. The first-order valence-electron chi connectivity index (χ1n) is 4.86. The number of aromatic nitrogens is 2. The lowest BCUT2D eigenvalue weighted by molar-refractivity contribution is 0.184. The van der Waals surface area contributed by atoms with Crippen LogP contribution in [0.1, 0.15) is 19.0 Å². The molecule has 0 spiro atoms. The molecule has 0 aliphatic rings. The van der Waals surface area contributed by atoms with E-state index in [4.69, 9.17) is 0 Å². The molecule has 2 rings (SSSR count). The van der Waals surface area contributed by atoms with Gasteiger partial charge in [-0.3, -0.25) is 0 Å². The molecule has 0 aromatic carbocycles. The number of imidazole rings is 1. The van der Waals surface area contributed by atoms with Gasteiger partial charge in [0.25, 0.3) is 0 Å². The van der Waals surface area contributed by atoms with Gasteiger partial charge >= 0.3 is 0 Å². The highest BCUT2D eigenvalue weighted by molar-refractivity contribution is 5.39. The predicted octanol–water partition coefficient (Wildman–Crippen LogP) is 1.65. The molecule has 2 aromatic heterocycles. The first kappa shape index (κ1) is 9.21. The van der Waals surface area contributed by atoms with E-state index in [2.05, 4.69) is 9.38 Å². The Kier molecular flexibility index (Phi) is 2.50. The quantitative estimate of drug-likeness (QED) is 0.799. The van der Waals surface area contributed by atoms with Crippen LogP contribution in [0.2, 0.25) is 0 Å². The van der Waals surface area contributed by atoms with Crippen LogP contribution in [0.3, 0.4) is 0 Å². The van der Waals surface area contributed by atoms with Gasteiger partial charge in [-0.15, -0.1) is 0 Å². The summed E-state index contributed by atoms with van der Waals surface area (Å²) >= 11 is 0. The lowest BCUT2D eigenvalue weighted by Crippen LogP contribution is -2.02. The second-order valence-electron chi connectivity index (χ2n) is 3.57. The van der Waals surface area contributed by atoms with Crippen LogP contribution in [0, 0.1) is 0 Å². The van der Waals surface area contributed by atoms with Crippen molar-refractivity contribution in [3.05, 3.63) is 36.3 Å². The van der Waals surface area contributed by atoms with Gasteiger partial charge in [-0.1, -0.05) is 6.07 Å². The van der Waals surface area contributed by atoms with Crippen molar-refractivity contribution in [2.45, 2.75) is 25.9 Å². The molecule has 74 valence electrons. The van der Waals surface area contributed by atoms with E-state index in [-0.39, 0.29) is 6.10 Å². The number of fused-ring (bicyclic) bond motifs is 1. The average Bonchev–Trinajstić information content (AvgIpc) is 2.58. The van der Waals surface area contributed by atoms with Crippen LogP contribution in [0.15, 0.2) is 30.6 Å². The summed E-state index contributed by atoms with van der Waals surface area (Å²) < 4.78 is 2.06. The smallest absolute Gasteiger partial charge is 0.136 e. The third-order valence-corrected chi connectivity index (χ3v) is 2.31. The fraction of sp³-hybridized carbons (Fsp3) is 0.364. The second kappa shape index (κ2) is 3.80. The maximum atomic E-state index is 9.19. The van der Waals surface area contributed by atoms with Crippen molar-refractivity contribution >= 4 is 5.65 Å². The third-order valence-electron chi connectivity index (χ3n) is 2.31. The Hall–Kier alpha value is -1.35. The zero-order valence-corrected chi connectivity index (χ0v) is 8.22. The van der Waals surface area contributed by atoms with E-state index in [1.807, 2.05) is 37.5 Å². The van der Waals surface area contributed by atoms with Crippen molar-refractivity contribution in [2.75, 3.05) is 0 Å². The molecule has 14 heavy (non-hydrogen) atoms. The minimum Gasteiger partial charge on any atom is -0.393 e. The molecule has 0 unspecified atom stereocenters. The molecule has 0 saturated carbocycles. The Morgan fingerprint density at radius 3 is 3.14 bits per heavy atom. The van der Waals surface area contributed by atoms with Crippen LogP contribution >= 0.6 is 0 Å². The van der Waals surface area contributed by atoms with Crippen LogP contribution in [0.25, 0.3) is 5.65 Å². The summed E-state index contributed by atoms with van der Waals surface area (Å²) in [5.41, 5.74) is 2.12. The van der Waals surface area contributed by atoms with Crippen molar-refractivity contribution in [3.63, 3.8) is 0 Å². The number of pyridine rings is 1. The lowest BCUT2D eigenvalue weighted by atomic mass is 10.2. The van der Waals surface area contributed by atoms with Gasteiger partial charge in [0, 0.05) is 18.1 Å². The Morgan fingerprint density at radius 2 is 2.36 bits per heavy atom. The maximum absolute atomic E-state index is 9.19. The second-order valence-corrected chi connectivity index (χ2v) is 3.57. The molecular formula is C11H14N2O. The fourth-order valence-electron chi connectivity index (χ4n) is 1.53. The molecule has 0 saturated heterocycles. The molecule has 0 radical (unpaired) electrons. The molecule has 0 aliphatic heterocycles. The van der Waals surface area contributed by atoms with Gasteiger partial charge in [0.1, 0.15) is 5.65 Å². The van der Waals surface area contributed by atoms with Crippen molar-refractivity contribution in [2.24, 2.45) is 0 Å². The molecule has 0 aliphatic carbocycles. The van der Waals surface area contributed by atoms with Gasteiger partial charge in [0.15, 0.2) is 0 Å². The van der Waals surface area contributed by atoms with Crippen LogP contribution in [0.5, 0.6) is 0 Å². The highest BCUT2D eigenvalue weighted by atomic mass is 16.3. The molecule has 2 heterocycles. The number of nitrogens with zero attached hydrogens (tertiary/aromatic N) is 2. The van der Waals surface area contributed by atoms with Crippen molar-refractivity contribution in [1.82, 2.24) is 9.38 Å². The molecule has 1 N–H and O–H groups in total. The van der Waals surface area contributed by atoms with Gasteiger partial charge in [-0.25, -0.2) is 4.98 Å². The average molecular weight is 190 g/mol. The van der Waals surface area contributed by atoms with E-state index >= 15 is 0 Å². The number of hydrogen-bond donors (Lipinski definition) is 1. The minimum absolute atomic E-state index is 0.246. The molecule has 2 aromatic rings. The SMILES string of the molecule is C[C@H](O)CCc1cnc2ccccn12. The summed E-state index contributed by atoms with van der Waals surface area (Å²) in [6, 6.07) is 5.94. The molecule has 1 atom stereocenters. The number of aliphatic hydroxyl groups excluding tert-OH is 1. The molecule has 3 nitrogen and oxygen atoms in total. The van der Waals surface area contributed by atoms with E-state index in [1.54, 1.807) is 0 Å². The predicted molar refractivity (Wildman–Crippen MR) is 55.2 cm³/mol. The molecule has 0 bridgehead atoms. The highest BCUT2D eigenvalue weighted by Crippen LogP contribution is 2.09. The summed E-state index contributed by atoms with van der Waals surface area (Å²) in [7, 11) is 0. The van der Waals surface area contributed by atoms with Crippen LogP contribution in [0.4, 0.5) is 0 Å². The highest BCUT2D eigenvalue weighted by Gasteiger charge is 2.03. The summed E-state index contributed by atoms with van der Waals surface area (Å²) in [6.07, 6.45) is 5.27. The Morgan fingerprint density at radius 1 is 1.50 bits per heavy atom. The van der Waals surface area contributed by atoms with E-state index < -0.39 is 0 Å². The monoisotopic (exact) mass is 190 g/mol. The van der Waals surface area contributed by atoms with Crippen molar-refractivity contribution in [3.8, 4) is 0 Å². The van der Waals surface area contributed by atoms with Gasteiger partial charge in [-0.05, 0) is 31.9 Å². The topological polar surface area (TPSA) is 37.5 Å². The maximum Gasteiger partial charge on any atom is 0.136 e. The molecule has 3 heteroatoms. The number of aliphatic hydroxyl groups is 1. The normalized spacial score (nSPS) is 13.3. The van der Waals surface area contributed by atoms with Gasteiger partial charge < -0.3 is 9.51 Å². The van der Waals surface area contributed by atoms with E-state index in [9.17, 15) is 5.11 Å². The molecule has 0 fully saturated rings. The standard InChI is InChI=1S/C11H14N2O/c1-9(14)5-6-10-8-12-11-4-2-3-7-13(10)11/h2-4,7-9,14H,5-6H2,1H3/t9-/m0/s1. The van der Waals surface area contributed by atoms with E-state index in [0.717, 1.165) is 24.2 Å². The molecule has 0 amide bonds. The number of rotatable bonds is 3. The Bertz CT molecular complexity index is 420. The lowest BCUT2D eigenvalue weighted by Gasteiger charge is -2.03. The third kappa shape index (κ3) is 1.77. The summed E-state index contributed by atoms with van der Waals surface area (Å²) in [4.78, 5) is 4.28. The van der Waals surface area contributed by atoms with Crippen LogP contribution < -0.4 is 0 Å². The zero-order valence-electron chi connectivity index (χ0n) is 8.22. The summed E-state index contributed by atoms with van der Waals surface area (Å²) in [6.45, 7) is 1.81. The Labute approximate surface area is 83.0 Å². The zero-order chi connectivity index (χ0) is 9.97. The van der Waals surface area contributed by atoms with E-state index in [1.165, 1.54) is 0 Å². The fourth-order valence-corrected chi connectivity index (χ4v) is 1.53. The van der Waals surface area contributed by atoms with Crippen molar-refractivity contribution in [1.29, 1.82) is 0 Å². The van der Waals surface area contributed by atoms with Gasteiger partial charge in [-0.2, -0.15) is 0 Å². The summed E-state index contributed by atoms with van der Waals surface area (Å²) in [5, 5.41) is 9.19. The van der Waals surface area contributed by atoms with Gasteiger partial charge in [0.05, 0.1) is 6.10 Å². The van der Waals surface area contributed by atoms with Crippen molar-refractivity contribution < 1.29 is 5.11 Å². The molecular weight excluding hydrogens is 176 g/mol. The largest absolute Gasteiger partial charge is 0.393 e. The van der Waals surface area contributed by atoms with Gasteiger partial charge in [0.2, 0.25) is 0 Å². The number of hydrogen-bond acceptors (Lipinski definition) is 2. The Balaban J connectivity index is 2.25. The van der Waals surface area contributed by atoms with E-state index in [0.29, 0.717) is 0 Å². The van der Waals surface area contributed by atoms with Crippen LogP contribution in [-0.2, 0) is 6.42 Å². The first-order valence-corrected chi connectivity index (χ1v) is 4.86.